The Hall–Kier alpha value is -0.540. The highest BCUT2D eigenvalue weighted by Gasteiger charge is 2.26. The molecule has 1 aromatic rings. The highest BCUT2D eigenvalue weighted by Crippen LogP contribution is 2.37. The molecule has 0 radical (unpaired) electrons. The number of fused-ring (bicyclic) bond motifs is 1. The Morgan fingerprint density at radius 3 is 3.06 bits per heavy atom. The van der Waals surface area contributed by atoms with Crippen LogP contribution in [0.5, 0.6) is 5.75 Å². The highest BCUT2D eigenvalue weighted by atomic mass is 79.9. The largest absolute Gasteiger partial charge is 0.490 e. The molecule has 1 aromatic carbocycles. The summed E-state index contributed by atoms with van der Waals surface area (Å²) in [6.45, 7) is 2.17. The molecule has 1 aliphatic rings. The summed E-state index contributed by atoms with van der Waals surface area (Å²) in [4.78, 5) is 0. The van der Waals surface area contributed by atoms with Gasteiger partial charge in [0.1, 0.15) is 11.9 Å². The Balaban J connectivity index is 2.14. The van der Waals surface area contributed by atoms with E-state index < -0.39 is 0 Å². The maximum absolute atomic E-state index is 10.0. The average Bonchev–Trinajstić information content (AvgIpc) is 2.25. The molecule has 1 N–H and O–H groups in total. The lowest BCUT2D eigenvalue weighted by atomic mass is 9.96. The van der Waals surface area contributed by atoms with Crippen LogP contribution in [0.4, 0.5) is 0 Å². The molecule has 16 heavy (non-hydrogen) atoms. The van der Waals surface area contributed by atoms with Crippen LogP contribution in [0.1, 0.15) is 44.3 Å². The fourth-order valence-electron chi connectivity index (χ4n) is 2.10. The van der Waals surface area contributed by atoms with Gasteiger partial charge in [-0.15, -0.1) is 0 Å². The molecule has 88 valence electrons. The standard InChI is InChI=1S/C13H17BrO2/c1-2-3-4-10-8-12(15)11-6-5-9(14)7-13(11)16-10/h5-7,10,12,15H,2-4,8H2,1H3. The number of halogens is 1. The summed E-state index contributed by atoms with van der Waals surface area (Å²) in [5.41, 5.74) is 0.913. The van der Waals surface area contributed by atoms with Gasteiger partial charge >= 0.3 is 0 Å². The van der Waals surface area contributed by atoms with Gasteiger partial charge in [-0.2, -0.15) is 0 Å². The lowest BCUT2D eigenvalue weighted by Crippen LogP contribution is -2.25. The van der Waals surface area contributed by atoms with E-state index in [-0.39, 0.29) is 12.2 Å². The van der Waals surface area contributed by atoms with Crippen LogP contribution in [0.15, 0.2) is 22.7 Å². The first-order chi connectivity index (χ1) is 7.70. The molecule has 0 bridgehead atoms. The number of rotatable bonds is 3. The van der Waals surface area contributed by atoms with Gasteiger partial charge in [0.15, 0.2) is 0 Å². The van der Waals surface area contributed by atoms with E-state index in [1.165, 1.54) is 6.42 Å². The van der Waals surface area contributed by atoms with Crippen LogP contribution in [-0.4, -0.2) is 11.2 Å². The highest BCUT2D eigenvalue weighted by molar-refractivity contribution is 9.10. The maximum atomic E-state index is 10.0. The number of ether oxygens (including phenoxy) is 1. The Kier molecular flexibility index (Phi) is 3.87. The Morgan fingerprint density at radius 2 is 2.31 bits per heavy atom. The summed E-state index contributed by atoms with van der Waals surface area (Å²) >= 11 is 3.42. The van der Waals surface area contributed by atoms with Crippen LogP contribution < -0.4 is 4.74 Å². The van der Waals surface area contributed by atoms with Crippen LogP contribution in [0.3, 0.4) is 0 Å². The molecule has 0 aromatic heterocycles. The third-order valence-corrected chi connectivity index (χ3v) is 3.49. The topological polar surface area (TPSA) is 29.5 Å². The second-order valence-corrected chi connectivity index (χ2v) is 5.23. The van der Waals surface area contributed by atoms with Gasteiger partial charge in [0.05, 0.1) is 6.10 Å². The number of aliphatic hydroxyl groups excluding tert-OH is 1. The van der Waals surface area contributed by atoms with Gasteiger partial charge in [0, 0.05) is 16.5 Å². The predicted octanol–water partition coefficient (Wildman–Crippen LogP) is 3.82. The van der Waals surface area contributed by atoms with Gasteiger partial charge in [0.25, 0.3) is 0 Å². The van der Waals surface area contributed by atoms with E-state index in [0.717, 1.165) is 28.6 Å². The Morgan fingerprint density at radius 1 is 1.50 bits per heavy atom. The van der Waals surface area contributed by atoms with Crippen molar-refractivity contribution in [3.63, 3.8) is 0 Å². The molecular formula is C13H17BrO2. The Bertz CT molecular complexity index is 365. The van der Waals surface area contributed by atoms with Gasteiger partial charge in [-0.25, -0.2) is 0 Å². The second kappa shape index (κ2) is 5.19. The summed E-state index contributed by atoms with van der Waals surface area (Å²) in [6, 6.07) is 5.81. The summed E-state index contributed by atoms with van der Waals surface area (Å²) in [6.07, 6.45) is 3.85. The molecule has 0 saturated carbocycles. The molecular weight excluding hydrogens is 268 g/mol. The minimum absolute atomic E-state index is 0.164. The Labute approximate surface area is 105 Å². The van der Waals surface area contributed by atoms with Crippen molar-refractivity contribution in [1.82, 2.24) is 0 Å². The number of aliphatic hydroxyl groups is 1. The first-order valence-electron chi connectivity index (χ1n) is 5.85. The molecule has 0 amide bonds. The number of unbranched alkanes of at least 4 members (excludes halogenated alkanes) is 1. The van der Waals surface area contributed by atoms with E-state index in [1.54, 1.807) is 0 Å². The minimum Gasteiger partial charge on any atom is -0.490 e. The zero-order chi connectivity index (χ0) is 11.5. The van der Waals surface area contributed by atoms with Gasteiger partial charge in [-0.1, -0.05) is 41.8 Å². The van der Waals surface area contributed by atoms with E-state index in [0.29, 0.717) is 6.42 Å². The molecule has 3 heteroatoms. The van der Waals surface area contributed by atoms with Crippen LogP contribution in [0.2, 0.25) is 0 Å². The van der Waals surface area contributed by atoms with Gasteiger partial charge in [0.2, 0.25) is 0 Å². The van der Waals surface area contributed by atoms with Crippen molar-refractivity contribution in [2.75, 3.05) is 0 Å². The van der Waals surface area contributed by atoms with E-state index >= 15 is 0 Å². The van der Waals surface area contributed by atoms with Crippen molar-refractivity contribution < 1.29 is 9.84 Å². The monoisotopic (exact) mass is 284 g/mol. The molecule has 0 fully saturated rings. The number of benzene rings is 1. The molecule has 1 heterocycles. The van der Waals surface area contributed by atoms with E-state index in [9.17, 15) is 5.11 Å². The molecule has 0 saturated heterocycles. The molecule has 0 spiro atoms. The van der Waals surface area contributed by atoms with E-state index in [4.69, 9.17) is 4.74 Å². The van der Waals surface area contributed by atoms with Crippen molar-refractivity contribution in [3.05, 3.63) is 28.2 Å². The van der Waals surface area contributed by atoms with Gasteiger partial charge < -0.3 is 9.84 Å². The van der Waals surface area contributed by atoms with Gasteiger partial charge in [-0.05, 0) is 18.6 Å². The fourth-order valence-corrected chi connectivity index (χ4v) is 2.44. The first kappa shape index (κ1) is 11.9. The SMILES string of the molecule is CCCCC1CC(O)c2ccc(Br)cc2O1. The molecule has 1 aliphatic heterocycles. The lowest BCUT2D eigenvalue weighted by Gasteiger charge is -2.29. The maximum Gasteiger partial charge on any atom is 0.126 e. The van der Waals surface area contributed by atoms with E-state index in [1.807, 2.05) is 18.2 Å². The van der Waals surface area contributed by atoms with Crippen molar-refractivity contribution in [3.8, 4) is 5.75 Å². The third kappa shape index (κ3) is 2.58. The van der Waals surface area contributed by atoms with Crippen molar-refractivity contribution in [2.45, 2.75) is 44.8 Å². The minimum atomic E-state index is -0.376. The molecule has 2 unspecified atom stereocenters. The van der Waals surface area contributed by atoms with Crippen molar-refractivity contribution in [2.24, 2.45) is 0 Å². The second-order valence-electron chi connectivity index (χ2n) is 4.32. The fraction of sp³-hybridized carbons (Fsp3) is 0.538. The zero-order valence-electron chi connectivity index (χ0n) is 9.45. The van der Waals surface area contributed by atoms with Crippen LogP contribution in [-0.2, 0) is 0 Å². The van der Waals surface area contributed by atoms with Crippen molar-refractivity contribution in [1.29, 1.82) is 0 Å². The van der Waals surface area contributed by atoms with Gasteiger partial charge in [-0.3, -0.25) is 0 Å². The van der Waals surface area contributed by atoms with Crippen LogP contribution in [0.25, 0.3) is 0 Å². The normalized spacial score (nSPS) is 23.7. The summed E-state index contributed by atoms with van der Waals surface area (Å²) in [5, 5.41) is 10.0. The smallest absolute Gasteiger partial charge is 0.126 e. The third-order valence-electron chi connectivity index (χ3n) is 2.99. The summed E-state index contributed by atoms with van der Waals surface area (Å²) in [5.74, 6) is 0.828. The molecule has 0 aliphatic carbocycles. The predicted molar refractivity (Wildman–Crippen MR) is 67.7 cm³/mol. The summed E-state index contributed by atoms with van der Waals surface area (Å²) < 4.78 is 6.89. The summed E-state index contributed by atoms with van der Waals surface area (Å²) in [7, 11) is 0. The number of hydrogen-bond donors (Lipinski definition) is 1. The van der Waals surface area contributed by atoms with Crippen LogP contribution in [0, 0.1) is 0 Å². The van der Waals surface area contributed by atoms with Crippen molar-refractivity contribution >= 4 is 15.9 Å². The average molecular weight is 285 g/mol. The lowest BCUT2D eigenvalue weighted by molar-refractivity contribution is 0.0607. The van der Waals surface area contributed by atoms with E-state index in [2.05, 4.69) is 22.9 Å². The molecule has 2 atom stereocenters. The molecule has 2 nitrogen and oxygen atoms in total. The zero-order valence-corrected chi connectivity index (χ0v) is 11.0. The quantitative estimate of drug-likeness (QED) is 0.914. The van der Waals surface area contributed by atoms with Crippen LogP contribution >= 0.6 is 15.9 Å². The number of hydrogen-bond acceptors (Lipinski definition) is 2. The first-order valence-corrected chi connectivity index (χ1v) is 6.64. The molecule has 2 rings (SSSR count).